The van der Waals surface area contributed by atoms with Gasteiger partial charge >= 0.3 is 5.97 Å². The molecule has 0 atom stereocenters. The molecular formula is C10H21O2P. The van der Waals surface area contributed by atoms with Crippen LogP contribution in [0, 0.1) is 0 Å². The molecule has 0 saturated heterocycles. The highest BCUT2D eigenvalue weighted by Crippen LogP contribution is 2.37. The Bertz CT molecular complexity index is 131. The zero-order valence-corrected chi connectivity index (χ0v) is 9.90. The molecule has 0 amide bonds. The van der Waals surface area contributed by atoms with Crippen molar-refractivity contribution in [1.29, 1.82) is 0 Å². The first-order chi connectivity index (χ1) is 6.24. The summed E-state index contributed by atoms with van der Waals surface area (Å²) in [6, 6.07) is 0. The fourth-order valence-electron chi connectivity index (χ4n) is 1.32. The highest BCUT2D eigenvalue weighted by Gasteiger charge is 2.08. The maximum absolute atomic E-state index is 10.9. The van der Waals surface area contributed by atoms with Crippen LogP contribution in [-0.2, 0) is 9.53 Å². The lowest BCUT2D eigenvalue weighted by atomic mass is 10.5. The van der Waals surface area contributed by atoms with Crippen LogP contribution in [0.3, 0.4) is 0 Å². The van der Waals surface area contributed by atoms with Gasteiger partial charge in [0.1, 0.15) is 0 Å². The molecule has 0 fully saturated rings. The maximum atomic E-state index is 10.9. The van der Waals surface area contributed by atoms with Crippen LogP contribution in [0.5, 0.6) is 0 Å². The lowest BCUT2D eigenvalue weighted by molar-refractivity contribution is -0.140. The molecule has 0 saturated carbocycles. The number of ether oxygens (including phenoxy) is 1. The molecule has 0 rings (SSSR count). The Morgan fingerprint density at radius 3 is 2.08 bits per heavy atom. The number of rotatable bonds is 7. The van der Waals surface area contributed by atoms with Gasteiger partial charge in [-0.25, -0.2) is 0 Å². The SMILES string of the molecule is CCCP(CCC)CCC(=O)OC. The zero-order valence-electron chi connectivity index (χ0n) is 9.01. The van der Waals surface area contributed by atoms with Crippen molar-refractivity contribution in [2.45, 2.75) is 33.1 Å². The van der Waals surface area contributed by atoms with Crippen LogP contribution in [0.2, 0.25) is 0 Å². The van der Waals surface area contributed by atoms with E-state index in [1.807, 2.05) is 0 Å². The first-order valence-corrected chi connectivity index (χ1v) is 6.93. The van der Waals surface area contributed by atoms with Gasteiger partial charge in [0, 0.05) is 6.42 Å². The Morgan fingerprint density at radius 1 is 1.15 bits per heavy atom. The molecule has 0 aromatic carbocycles. The van der Waals surface area contributed by atoms with E-state index in [9.17, 15) is 4.79 Å². The lowest BCUT2D eigenvalue weighted by Crippen LogP contribution is -2.04. The van der Waals surface area contributed by atoms with E-state index in [4.69, 9.17) is 0 Å². The number of hydrogen-bond donors (Lipinski definition) is 0. The van der Waals surface area contributed by atoms with Crippen molar-refractivity contribution >= 4 is 13.9 Å². The van der Waals surface area contributed by atoms with Gasteiger partial charge < -0.3 is 4.74 Å². The van der Waals surface area contributed by atoms with Crippen LogP contribution in [0.25, 0.3) is 0 Å². The molecule has 0 unspecified atom stereocenters. The molecule has 0 aliphatic rings. The topological polar surface area (TPSA) is 26.3 Å². The molecule has 0 aromatic rings. The summed E-state index contributed by atoms with van der Waals surface area (Å²) >= 11 is 0. The average molecular weight is 204 g/mol. The average Bonchev–Trinajstić information content (AvgIpc) is 2.14. The normalized spacial score (nSPS) is 10.5. The van der Waals surface area contributed by atoms with E-state index in [1.54, 1.807) is 0 Å². The van der Waals surface area contributed by atoms with E-state index in [1.165, 1.54) is 32.3 Å². The van der Waals surface area contributed by atoms with Crippen molar-refractivity contribution in [2.75, 3.05) is 25.6 Å². The van der Waals surface area contributed by atoms with Crippen LogP contribution in [0.4, 0.5) is 0 Å². The molecule has 13 heavy (non-hydrogen) atoms. The smallest absolute Gasteiger partial charge is 0.305 e. The minimum atomic E-state index is -0.0558. The van der Waals surface area contributed by atoms with Crippen molar-refractivity contribution < 1.29 is 9.53 Å². The number of carbonyl (C=O) groups excluding carboxylic acids is 1. The van der Waals surface area contributed by atoms with Crippen molar-refractivity contribution in [3.8, 4) is 0 Å². The summed E-state index contributed by atoms with van der Waals surface area (Å²) in [6.07, 6.45) is 6.77. The van der Waals surface area contributed by atoms with E-state index in [2.05, 4.69) is 18.6 Å². The van der Waals surface area contributed by atoms with Gasteiger partial charge in [-0.05, 0) is 18.5 Å². The van der Waals surface area contributed by atoms with Crippen LogP contribution >= 0.6 is 7.92 Å². The van der Waals surface area contributed by atoms with Crippen LogP contribution in [-0.4, -0.2) is 31.6 Å². The van der Waals surface area contributed by atoms with Crippen molar-refractivity contribution in [3.05, 3.63) is 0 Å². The summed E-state index contributed by atoms with van der Waals surface area (Å²) in [5.74, 6) is -0.0558. The molecule has 0 spiro atoms. The monoisotopic (exact) mass is 204 g/mol. The Morgan fingerprint density at radius 2 is 1.69 bits per heavy atom. The number of methoxy groups -OCH3 is 1. The number of esters is 1. The third kappa shape index (κ3) is 7.01. The summed E-state index contributed by atoms with van der Waals surface area (Å²) in [6.45, 7) is 4.42. The Kier molecular flexibility index (Phi) is 8.43. The summed E-state index contributed by atoms with van der Waals surface area (Å²) < 4.78 is 4.63. The van der Waals surface area contributed by atoms with Crippen LogP contribution < -0.4 is 0 Å². The minimum Gasteiger partial charge on any atom is -0.469 e. The van der Waals surface area contributed by atoms with E-state index in [-0.39, 0.29) is 13.9 Å². The molecule has 0 N–H and O–H groups in total. The summed E-state index contributed by atoms with van der Waals surface area (Å²) in [5, 5.41) is 0. The predicted octanol–water partition coefficient (Wildman–Crippen LogP) is 2.85. The van der Waals surface area contributed by atoms with E-state index < -0.39 is 0 Å². The van der Waals surface area contributed by atoms with Gasteiger partial charge in [0.2, 0.25) is 0 Å². The van der Waals surface area contributed by atoms with Gasteiger partial charge in [0.25, 0.3) is 0 Å². The molecule has 0 aliphatic carbocycles. The molecule has 0 bridgehead atoms. The van der Waals surface area contributed by atoms with Gasteiger partial charge in [-0.1, -0.05) is 26.7 Å². The Balaban J connectivity index is 3.61. The third-order valence-electron chi connectivity index (χ3n) is 1.94. The quantitative estimate of drug-likeness (QED) is 0.471. The van der Waals surface area contributed by atoms with Gasteiger partial charge in [0.15, 0.2) is 0 Å². The summed E-state index contributed by atoms with van der Waals surface area (Å²) in [4.78, 5) is 10.9. The molecule has 3 heteroatoms. The third-order valence-corrected chi connectivity index (χ3v) is 4.95. The first-order valence-electron chi connectivity index (χ1n) is 5.03. The second kappa shape index (κ2) is 8.50. The fourth-order valence-corrected chi connectivity index (χ4v) is 3.75. The van der Waals surface area contributed by atoms with E-state index in [0.717, 1.165) is 6.16 Å². The van der Waals surface area contributed by atoms with Crippen molar-refractivity contribution in [1.82, 2.24) is 0 Å². The Hall–Kier alpha value is -0.100. The molecule has 0 heterocycles. The molecule has 0 radical (unpaired) electrons. The van der Waals surface area contributed by atoms with Crippen molar-refractivity contribution in [3.63, 3.8) is 0 Å². The Labute approximate surface area is 82.8 Å². The summed E-state index contributed by atoms with van der Waals surface area (Å²) in [5.41, 5.74) is 0. The van der Waals surface area contributed by atoms with Crippen LogP contribution in [0.15, 0.2) is 0 Å². The van der Waals surface area contributed by atoms with Crippen molar-refractivity contribution in [2.24, 2.45) is 0 Å². The second-order valence-electron chi connectivity index (χ2n) is 3.17. The second-order valence-corrected chi connectivity index (χ2v) is 5.85. The highest BCUT2D eigenvalue weighted by molar-refractivity contribution is 7.57. The minimum absolute atomic E-state index is 0.0558. The van der Waals surface area contributed by atoms with E-state index >= 15 is 0 Å². The number of carbonyl (C=O) groups is 1. The standard InChI is InChI=1S/C10H21O2P/c1-4-7-13(8-5-2)9-6-10(11)12-3/h4-9H2,1-3H3. The maximum Gasteiger partial charge on any atom is 0.305 e. The number of hydrogen-bond acceptors (Lipinski definition) is 2. The van der Waals surface area contributed by atoms with Crippen LogP contribution in [0.1, 0.15) is 33.1 Å². The van der Waals surface area contributed by atoms with Gasteiger partial charge in [-0.2, -0.15) is 0 Å². The molecule has 0 aliphatic heterocycles. The highest BCUT2D eigenvalue weighted by atomic mass is 31.1. The largest absolute Gasteiger partial charge is 0.469 e. The molecule has 78 valence electrons. The van der Waals surface area contributed by atoms with Gasteiger partial charge in [-0.15, -0.1) is 7.92 Å². The predicted molar refractivity (Wildman–Crippen MR) is 58.7 cm³/mol. The fraction of sp³-hybridized carbons (Fsp3) is 0.900. The first kappa shape index (κ1) is 12.9. The summed E-state index contributed by atoms with van der Waals surface area (Å²) in [7, 11) is 1.56. The molecule has 0 aromatic heterocycles. The molecular weight excluding hydrogens is 183 g/mol. The lowest BCUT2D eigenvalue weighted by Gasteiger charge is -2.14. The van der Waals surface area contributed by atoms with Gasteiger partial charge in [0.05, 0.1) is 7.11 Å². The zero-order chi connectivity index (χ0) is 10.1. The van der Waals surface area contributed by atoms with Gasteiger partial charge in [-0.3, -0.25) is 4.79 Å². The molecule has 2 nitrogen and oxygen atoms in total. The van der Waals surface area contributed by atoms with E-state index in [0.29, 0.717) is 6.42 Å².